The Balaban J connectivity index is 2.06. The largest absolute Gasteiger partial charge is 0.474 e. The average molecular weight is 262 g/mol. The monoisotopic (exact) mass is 262 g/mol. The first-order chi connectivity index (χ1) is 8.99. The Labute approximate surface area is 112 Å². The van der Waals surface area contributed by atoms with Crippen molar-refractivity contribution in [3.63, 3.8) is 0 Å². The molecular weight excluding hydrogens is 244 g/mol. The lowest BCUT2D eigenvalue weighted by Gasteiger charge is -2.36. The van der Waals surface area contributed by atoms with Crippen LogP contribution < -0.4 is 4.90 Å². The number of piperazine rings is 1. The number of carbonyl (C=O) groups is 2. The number of carboxylic acid groups (broad SMARTS) is 1. The number of aliphatic carboxylic acids is 1. The molecule has 5 nitrogen and oxygen atoms in total. The van der Waals surface area contributed by atoms with Crippen LogP contribution in [0.4, 0.5) is 5.69 Å². The summed E-state index contributed by atoms with van der Waals surface area (Å²) in [6.45, 7) is 6.36. The molecule has 0 unspecified atom stereocenters. The number of anilines is 1. The van der Waals surface area contributed by atoms with Gasteiger partial charge in [-0.3, -0.25) is 4.79 Å². The molecule has 1 amide bonds. The lowest BCUT2D eigenvalue weighted by Crippen LogP contribution is -2.50. The third-order valence-corrected chi connectivity index (χ3v) is 3.46. The van der Waals surface area contributed by atoms with Crippen molar-refractivity contribution in [2.75, 3.05) is 31.1 Å². The maximum atomic E-state index is 11.4. The van der Waals surface area contributed by atoms with Gasteiger partial charge in [0.2, 0.25) is 0 Å². The van der Waals surface area contributed by atoms with Crippen molar-refractivity contribution in [2.24, 2.45) is 0 Å². The van der Waals surface area contributed by atoms with Crippen molar-refractivity contribution >= 4 is 17.6 Å². The Kier molecular flexibility index (Phi) is 3.74. The molecular formula is C14H18N2O3. The second-order valence-electron chi connectivity index (χ2n) is 4.87. The fourth-order valence-corrected chi connectivity index (χ4v) is 2.35. The number of hydrogen-bond donors (Lipinski definition) is 1. The minimum atomic E-state index is -1.37. The maximum absolute atomic E-state index is 11.4. The van der Waals surface area contributed by atoms with Gasteiger partial charge in [-0.1, -0.05) is 12.1 Å². The molecule has 5 heteroatoms. The lowest BCUT2D eigenvalue weighted by molar-refractivity contribution is -0.156. The summed E-state index contributed by atoms with van der Waals surface area (Å²) in [6.07, 6.45) is 0. The molecule has 1 aromatic carbocycles. The number of carbonyl (C=O) groups excluding carboxylic acids is 1. The summed E-state index contributed by atoms with van der Waals surface area (Å²) in [5.74, 6) is -2.18. The second kappa shape index (κ2) is 5.30. The molecule has 1 aromatic rings. The van der Waals surface area contributed by atoms with Crippen molar-refractivity contribution in [3.8, 4) is 0 Å². The minimum Gasteiger partial charge on any atom is -0.474 e. The lowest BCUT2D eigenvalue weighted by atomic mass is 10.1. The molecule has 0 radical (unpaired) electrons. The van der Waals surface area contributed by atoms with E-state index >= 15 is 0 Å². The number of nitrogens with zero attached hydrogens (tertiary/aromatic N) is 2. The number of benzene rings is 1. The van der Waals surface area contributed by atoms with Crippen LogP contribution in [-0.2, 0) is 9.59 Å². The van der Waals surface area contributed by atoms with Gasteiger partial charge in [0, 0.05) is 31.9 Å². The van der Waals surface area contributed by atoms with Crippen molar-refractivity contribution in [1.29, 1.82) is 0 Å². The first kappa shape index (κ1) is 13.4. The molecule has 1 N–H and O–H groups in total. The van der Waals surface area contributed by atoms with Gasteiger partial charge in [-0.2, -0.15) is 0 Å². The van der Waals surface area contributed by atoms with E-state index in [4.69, 9.17) is 5.11 Å². The molecule has 1 aliphatic rings. The molecule has 0 aromatic heterocycles. The molecule has 0 spiro atoms. The standard InChI is InChI=1S/C14H18N2O3/c1-10-3-4-11(2)12(9-10)15-5-7-16(8-6-15)13(17)14(18)19/h3-4,9H,5-8H2,1-2H3,(H,18,19). The van der Waals surface area contributed by atoms with Crippen molar-refractivity contribution < 1.29 is 14.7 Å². The Morgan fingerprint density at radius 3 is 2.32 bits per heavy atom. The van der Waals surface area contributed by atoms with Crippen LogP contribution in [0.2, 0.25) is 0 Å². The molecule has 0 aliphatic carbocycles. The van der Waals surface area contributed by atoms with E-state index < -0.39 is 11.9 Å². The predicted octanol–water partition coefficient (Wildman–Crippen LogP) is 1.04. The van der Waals surface area contributed by atoms with Gasteiger partial charge in [-0.15, -0.1) is 0 Å². The number of rotatable bonds is 1. The summed E-state index contributed by atoms with van der Waals surface area (Å²) < 4.78 is 0. The van der Waals surface area contributed by atoms with E-state index in [2.05, 4.69) is 30.0 Å². The van der Waals surface area contributed by atoms with Crippen molar-refractivity contribution in [2.45, 2.75) is 13.8 Å². The third kappa shape index (κ3) is 2.86. The van der Waals surface area contributed by atoms with Gasteiger partial charge < -0.3 is 14.9 Å². The summed E-state index contributed by atoms with van der Waals surface area (Å²) in [6, 6.07) is 6.28. The van der Waals surface area contributed by atoms with Crippen LogP contribution in [0.1, 0.15) is 11.1 Å². The van der Waals surface area contributed by atoms with Gasteiger partial charge in [0.15, 0.2) is 0 Å². The van der Waals surface area contributed by atoms with E-state index in [0.29, 0.717) is 26.2 Å². The molecule has 1 heterocycles. The second-order valence-corrected chi connectivity index (χ2v) is 4.87. The highest BCUT2D eigenvalue weighted by atomic mass is 16.4. The van der Waals surface area contributed by atoms with E-state index in [0.717, 1.165) is 0 Å². The van der Waals surface area contributed by atoms with Gasteiger partial charge in [-0.25, -0.2) is 4.79 Å². The van der Waals surface area contributed by atoms with Crippen LogP contribution >= 0.6 is 0 Å². The normalized spacial score (nSPS) is 15.5. The summed E-state index contributed by atoms with van der Waals surface area (Å²) in [4.78, 5) is 25.6. The Hall–Kier alpha value is -2.04. The van der Waals surface area contributed by atoms with Crippen LogP contribution in [0.15, 0.2) is 18.2 Å². The fraction of sp³-hybridized carbons (Fsp3) is 0.429. The Bertz CT molecular complexity index is 505. The first-order valence-electron chi connectivity index (χ1n) is 6.33. The Morgan fingerprint density at radius 1 is 1.11 bits per heavy atom. The SMILES string of the molecule is Cc1ccc(C)c(N2CCN(C(=O)C(=O)O)CC2)c1. The third-order valence-electron chi connectivity index (χ3n) is 3.46. The number of carboxylic acids is 1. The molecule has 102 valence electrons. The quantitative estimate of drug-likeness (QED) is 0.768. The van der Waals surface area contributed by atoms with Crippen LogP contribution in [0, 0.1) is 13.8 Å². The molecule has 19 heavy (non-hydrogen) atoms. The molecule has 0 saturated carbocycles. The van der Waals surface area contributed by atoms with Crippen molar-refractivity contribution in [1.82, 2.24) is 4.90 Å². The highest BCUT2D eigenvalue weighted by Gasteiger charge is 2.25. The smallest absolute Gasteiger partial charge is 0.394 e. The van der Waals surface area contributed by atoms with Gasteiger partial charge in [0.05, 0.1) is 0 Å². The van der Waals surface area contributed by atoms with Gasteiger partial charge in [-0.05, 0) is 31.0 Å². The van der Waals surface area contributed by atoms with E-state index in [1.165, 1.54) is 21.7 Å². The summed E-state index contributed by atoms with van der Waals surface area (Å²) in [5, 5.41) is 8.69. The number of amides is 1. The highest BCUT2D eigenvalue weighted by molar-refractivity contribution is 6.31. The van der Waals surface area contributed by atoms with Crippen LogP contribution in [0.3, 0.4) is 0 Å². The zero-order valence-electron chi connectivity index (χ0n) is 11.2. The van der Waals surface area contributed by atoms with E-state index in [1.807, 2.05) is 6.92 Å². The van der Waals surface area contributed by atoms with E-state index in [-0.39, 0.29) is 0 Å². The van der Waals surface area contributed by atoms with Crippen LogP contribution in [-0.4, -0.2) is 48.1 Å². The molecule has 1 saturated heterocycles. The topological polar surface area (TPSA) is 60.9 Å². The molecule has 1 fully saturated rings. The molecule has 1 aliphatic heterocycles. The van der Waals surface area contributed by atoms with Gasteiger partial charge in [0.25, 0.3) is 0 Å². The van der Waals surface area contributed by atoms with Crippen LogP contribution in [0.25, 0.3) is 0 Å². The fourth-order valence-electron chi connectivity index (χ4n) is 2.35. The number of aryl methyl sites for hydroxylation is 2. The maximum Gasteiger partial charge on any atom is 0.394 e. The van der Waals surface area contributed by atoms with Crippen LogP contribution in [0.5, 0.6) is 0 Å². The van der Waals surface area contributed by atoms with Gasteiger partial charge >= 0.3 is 11.9 Å². The van der Waals surface area contributed by atoms with Crippen molar-refractivity contribution in [3.05, 3.63) is 29.3 Å². The summed E-state index contributed by atoms with van der Waals surface area (Å²) in [7, 11) is 0. The average Bonchev–Trinajstić information content (AvgIpc) is 2.41. The predicted molar refractivity (Wildman–Crippen MR) is 72.3 cm³/mol. The van der Waals surface area contributed by atoms with Gasteiger partial charge in [0.1, 0.15) is 0 Å². The minimum absolute atomic E-state index is 0.457. The van der Waals surface area contributed by atoms with E-state index in [9.17, 15) is 9.59 Å². The zero-order valence-corrected chi connectivity index (χ0v) is 11.2. The molecule has 0 atom stereocenters. The zero-order chi connectivity index (χ0) is 14.0. The summed E-state index contributed by atoms with van der Waals surface area (Å²) >= 11 is 0. The first-order valence-corrected chi connectivity index (χ1v) is 6.33. The molecule has 0 bridgehead atoms. The Morgan fingerprint density at radius 2 is 1.74 bits per heavy atom. The number of hydrogen-bond acceptors (Lipinski definition) is 3. The molecule has 2 rings (SSSR count). The van der Waals surface area contributed by atoms with E-state index in [1.54, 1.807) is 0 Å². The highest BCUT2D eigenvalue weighted by Crippen LogP contribution is 2.22. The summed E-state index contributed by atoms with van der Waals surface area (Å²) in [5.41, 5.74) is 3.57.